The number of rotatable bonds is 3. The van der Waals surface area contributed by atoms with Crippen LogP contribution < -0.4 is 11.3 Å². The number of hydrogen-bond acceptors (Lipinski definition) is 2. The molecule has 0 saturated heterocycles. The fourth-order valence-corrected chi connectivity index (χ4v) is 1.41. The molecule has 1 unspecified atom stereocenters. The SMILES string of the molecule is C=C(C)C(NN)c1cc(F)c(Cl)cc1F. The Morgan fingerprint density at radius 2 is 2.07 bits per heavy atom. The Balaban J connectivity index is 3.24. The molecule has 0 heterocycles. The molecule has 0 amide bonds. The van der Waals surface area contributed by atoms with Gasteiger partial charge in [0, 0.05) is 5.56 Å². The lowest BCUT2D eigenvalue weighted by Gasteiger charge is -2.17. The minimum absolute atomic E-state index is 0.0897. The van der Waals surface area contributed by atoms with Gasteiger partial charge < -0.3 is 0 Å². The zero-order chi connectivity index (χ0) is 11.6. The molecule has 0 saturated carbocycles. The van der Waals surface area contributed by atoms with Crippen LogP contribution >= 0.6 is 11.6 Å². The molecule has 0 radical (unpaired) electrons. The van der Waals surface area contributed by atoms with Crippen LogP contribution in [0, 0.1) is 11.6 Å². The molecule has 0 spiro atoms. The van der Waals surface area contributed by atoms with Gasteiger partial charge in [-0.3, -0.25) is 5.84 Å². The third kappa shape index (κ3) is 2.53. The lowest BCUT2D eigenvalue weighted by molar-refractivity contribution is 0.542. The molecule has 2 nitrogen and oxygen atoms in total. The summed E-state index contributed by atoms with van der Waals surface area (Å²) in [5, 5.41) is -0.256. The van der Waals surface area contributed by atoms with Crippen molar-refractivity contribution in [2.45, 2.75) is 13.0 Å². The number of hydrazine groups is 1. The summed E-state index contributed by atoms with van der Waals surface area (Å²) in [6.45, 7) is 5.29. The highest BCUT2D eigenvalue weighted by atomic mass is 35.5. The van der Waals surface area contributed by atoms with E-state index in [1.165, 1.54) is 0 Å². The van der Waals surface area contributed by atoms with Gasteiger partial charge in [0.25, 0.3) is 0 Å². The standard InChI is InChI=1S/C10H11ClF2N2/c1-5(2)10(15-14)6-3-9(13)7(11)4-8(6)12/h3-4,10,15H,1,14H2,2H3. The molecule has 0 aliphatic rings. The number of benzene rings is 1. The van der Waals surface area contributed by atoms with Crippen LogP contribution in [0.15, 0.2) is 24.3 Å². The number of hydrogen-bond donors (Lipinski definition) is 2. The lowest BCUT2D eigenvalue weighted by Crippen LogP contribution is -2.29. The molecule has 0 bridgehead atoms. The molecule has 1 atom stereocenters. The summed E-state index contributed by atoms with van der Waals surface area (Å²) >= 11 is 5.42. The third-order valence-electron chi connectivity index (χ3n) is 2.01. The van der Waals surface area contributed by atoms with Crippen LogP contribution in [0.2, 0.25) is 5.02 Å². The van der Waals surface area contributed by atoms with Gasteiger partial charge in [-0.25, -0.2) is 14.2 Å². The predicted molar refractivity (Wildman–Crippen MR) is 56.2 cm³/mol. The first-order chi connectivity index (χ1) is 6.97. The Hall–Kier alpha value is -0.970. The molecule has 1 aromatic rings. The molecule has 15 heavy (non-hydrogen) atoms. The molecule has 0 aromatic heterocycles. The van der Waals surface area contributed by atoms with Crippen LogP contribution in [0.5, 0.6) is 0 Å². The van der Waals surface area contributed by atoms with Crippen molar-refractivity contribution in [3.05, 3.63) is 46.5 Å². The van der Waals surface area contributed by atoms with E-state index >= 15 is 0 Å². The Morgan fingerprint density at radius 1 is 1.47 bits per heavy atom. The number of nitrogens with two attached hydrogens (primary N) is 1. The molecule has 0 aliphatic carbocycles. The van der Waals surface area contributed by atoms with Crippen molar-refractivity contribution < 1.29 is 8.78 Å². The summed E-state index contributed by atoms with van der Waals surface area (Å²) < 4.78 is 26.6. The number of nitrogens with one attached hydrogen (secondary N) is 1. The van der Waals surface area contributed by atoms with Gasteiger partial charge in [-0.2, -0.15) is 0 Å². The van der Waals surface area contributed by atoms with E-state index in [9.17, 15) is 8.78 Å². The van der Waals surface area contributed by atoms with E-state index in [0.29, 0.717) is 5.57 Å². The van der Waals surface area contributed by atoms with Gasteiger partial charge in [0.1, 0.15) is 11.6 Å². The van der Waals surface area contributed by atoms with Gasteiger partial charge >= 0.3 is 0 Å². The van der Waals surface area contributed by atoms with Crippen LogP contribution in [0.4, 0.5) is 8.78 Å². The molecule has 1 rings (SSSR count). The first-order valence-electron chi connectivity index (χ1n) is 4.23. The molecule has 82 valence electrons. The van der Waals surface area contributed by atoms with Crippen LogP contribution in [-0.4, -0.2) is 0 Å². The topological polar surface area (TPSA) is 38.0 Å². The Bertz CT molecular complexity index is 393. The van der Waals surface area contributed by atoms with E-state index in [-0.39, 0.29) is 10.6 Å². The summed E-state index contributed by atoms with van der Waals surface area (Å²) in [4.78, 5) is 0. The zero-order valence-corrected chi connectivity index (χ0v) is 8.91. The normalized spacial score (nSPS) is 12.6. The van der Waals surface area contributed by atoms with Crippen molar-refractivity contribution in [1.29, 1.82) is 0 Å². The Morgan fingerprint density at radius 3 is 2.53 bits per heavy atom. The van der Waals surface area contributed by atoms with E-state index in [1.807, 2.05) is 0 Å². The monoisotopic (exact) mass is 232 g/mol. The highest BCUT2D eigenvalue weighted by Gasteiger charge is 2.17. The molecule has 0 fully saturated rings. The Labute approximate surface area is 91.7 Å². The number of halogens is 3. The maximum absolute atomic E-state index is 13.4. The van der Waals surface area contributed by atoms with Crippen LogP contribution in [0.1, 0.15) is 18.5 Å². The van der Waals surface area contributed by atoms with E-state index in [0.717, 1.165) is 12.1 Å². The first kappa shape index (κ1) is 12.1. The Kier molecular flexibility index (Phi) is 3.79. The molecular formula is C10H11ClF2N2. The largest absolute Gasteiger partial charge is 0.271 e. The molecular weight excluding hydrogens is 222 g/mol. The minimum Gasteiger partial charge on any atom is -0.271 e. The second kappa shape index (κ2) is 4.70. The summed E-state index contributed by atoms with van der Waals surface area (Å²) in [7, 11) is 0. The minimum atomic E-state index is -0.686. The molecule has 0 aliphatic heterocycles. The van der Waals surface area contributed by atoms with E-state index in [4.69, 9.17) is 17.4 Å². The first-order valence-corrected chi connectivity index (χ1v) is 4.61. The summed E-state index contributed by atoms with van der Waals surface area (Å²) in [5.74, 6) is 3.93. The van der Waals surface area contributed by atoms with Crippen molar-refractivity contribution in [1.82, 2.24) is 5.43 Å². The van der Waals surface area contributed by atoms with Gasteiger partial charge in [0.05, 0.1) is 11.1 Å². The quantitative estimate of drug-likeness (QED) is 0.364. The van der Waals surface area contributed by atoms with Crippen molar-refractivity contribution in [2.75, 3.05) is 0 Å². The van der Waals surface area contributed by atoms with Crippen LogP contribution in [0.25, 0.3) is 0 Å². The van der Waals surface area contributed by atoms with E-state index in [1.54, 1.807) is 6.92 Å². The van der Waals surface area contributed by atoms with Crippen molar-refractivity contribution in [2.24, 2.45) is 5.84 Å². The molecule has 5 heteroatoms. The fraction of sp³-hybridized carbons (Fsp3) is 0.200. The molecule has 1 aromatic carbocycles. The van der Waals surface area contributed by atoms with Crippen LogP contribution in [0.3, 0.4) is 0 Å². The maximum Gasteiger partial charge on any atom is 0.142 e. The summed E-state index contributed by atoms with van der Waals surface area (Å²) in [6.07, 6.45) is 0. The van der Waals surface area contributed by atoms with E-state index in [2.05, 4.69) is 12.0 Å². The summed E-state index contributed by atoms with van der Waals surface area (Å²) in [6, 6.07) is 1.30. The third-order valence-corrected chi connectivity index (χ3v) is 2.30. The van der Waals surface area contributed by atoms with Gasteiger partial charge in [-0.05, 0) is 19.1 Å². The van der Waals surface area contributed by atoms with Crippen molar-refractivity contribution in [3.63, 3.8) is 0 Å². The maximum atomic E-state index is 13.4. The van der Waals surface area contributed by atoms with Gasteiger partial charge in [0.15, 0.2) is 0 Å². The van der Waals surface area contributed by atoms with Crippen LogP contribution in [-0.2, 0) is 0 Å². The fourth-order valence-electron chi connectivity index (χ4n) is 1.26. The van der Waals surface area contributed by atoms with Crippen molar-refractivity contribution >= 4 is 11.6 Å². The zero-order valence-electron chi connectivity index (χ0n) is 8.15. The predicted octanol–water partition coefficient (Wildman–Crippen LogP) is 2.70. The second-order valence-corrected chi connectivity index (χ2v) is 3.64. The van der Waals surface area contributed by atoms with Gasteiger partial charge in [0.2, 0.25) is 0 Å². The van der Waals surface area contributed by atoms with Gasteiger partial charge in [-0.1, -0.05) is 23.8 Å². The average molecular weight is 233 g/mol. The average Bonchev–Trinajstić information content (AvgIpc) is 2.14. The molecule has 3 N–H and O–H groups in total. The highest BCUT2D eigenvalue weighted by Crippen LogP contribution is 2.26. The summed E-state index contributed by atoms with van der Waals surface area (Å²) in [5.41, 5.74) is 3.03. The smallest absolute Gasteiger partial charge is 0.142 e. The van der Waals surface area contributed by atoms with Gasteiger partial charge in [-0.15, -0.1) is 0 Å². The second-order valence-electron chi connectivity index (χ2n) is 3.23. The van der Waals surface area contributed by atoms with Crippen molar-refractivity contribution in [3.8, 4) is 0 Å². The van der Waals surface area contributed by atoms with E-state index < -0.39 is 17.7 Å². The highest BCUT2D eigenvalue weighted by molar-refractivity contribution is 6.30. The lowest BCUT2D eigenvalue weighted by atomic mass is 10.0.